The second kappa shape index (κ2) is 7.73. The van der Waals surface area contributed by atoms with Crippen LogP contribution in [0.3, 0.4) is 0 Å². The second-order valence-corrected chi connectivity index (χ2v) is 14.6. The molecular formula is C31H54O. The molecule has 0 aromatic carbocycles. The van der Waals surface area contributed by atoms with E-state index in [0.717, 1.165) is 41.9 Å². The first kappa shape index (κ1) is 23.7. The molecule has 5 aliphatic carbocycles. The fourth-order valence-electron chi connectivity index (χ4n) is 11.7. The van der Waals surface area contributed by atoms with Gasteiger partial charge in [0.15, 0.2) is 0 Å². The SMILES string of the molecule is CC[C@H](CC[C@@H](C)[C@H]1CC[C@@]2(C)[C@@H]3CC[C@H]4[C@H](C)[C@@H](O)CC[C@@]45C[C@@]35CC[C@]12C)C(C)C. The Morgan fingerprint density at radius 1 is 0.844 bits per heavy atom. The maximum Gasteiger partial charge on any atom is 0.0568 e. The van der Waals surface area contributed by atoms with E-state index in [1.807, 2.05) is 0 Å². The zero-order valence-electron chi connectivity index (χ0n) is 22.6. The third-order valence-corrected chi connectivity index (χ3v) is 13.9. The molecule has 0 heterocycles. The van der Waals surface area contributed by atoms with E-state index in [-0.39, 0.29) is 6.10 Å². The van der Waals surface area contributed by atoms with E-state index in [9.17, 15) is 5.11 Å². The smallest absolute Gasteiger partial charge is 0.0568 e. The summed E-state index contributed by atoms with van der Waals surface area (Å²) in [5.74, 6) is 5.89. The lowest BCUT2D eigenvalue weighted by Crippen LogP contribution is -2.55. The fourth-order valence-corrected chi connectivity index (χ4v) is 11.7. The van der Waals surface area contributed by atoms with Crippen molar-refractivity contribution < 1.29 is 5.11 Å². The Labute approximate surface area is 199 Å². The van der Waals surface area contributed by atoms with E-state index in [0.29, 0.717) is 27.6 Å². The van der Waals surface area contributed by atoms with Crippen LogP contribution in [0.25, 0.3) is 0 Å². The van der Waals surface area contributed by atoms with Gasteiger partial charge in [0.1, 0.15) is 0 Å². The van der Waals surface area contributed by atoms with Crippen LogP contribution in [0, 0.1) is 63.1 Å². The molecule has 184 valence electrons. The highest BCUT2D eigenvalue weighted by molar-refractivity contribution is 5.29. The highest BCUT2D eigenvalue weighted by Crippen LogP contribution is 2.88. The average molecular weight is 443 g/mol. The Bertz CT molecular complexity index is 713. The van der Waals surface area contributed by atoms with E-state index >= 15 is 0 Å². The predicted octanol–water partition coefficient (Wildman–Crippen LogP) is 8.49. The van der Waals surface area contributed by atoms with Crippen molar-refractivity contribution in [1.29, 1.82) is 0 Å². The summed E-state index contributed by atoms with van der Waals surface area (Å²) in [4.78, 5) is 0. The van der Waals surface area contributed by atoms with Crippen LogP contribution in [-0.2, 0) is 0 Å². The number of aliphatic hydroxyl groups excluding tert-OH is 1. The zero-order valence-corrected chi connectivity index (χ0v) is 22.6. The molecule has 5 rings (SSSR count). The molecule has 0 unspecified atom stereocenters. The van der Waals surface area contributed by atoms with Gasteiger partial charge in [0.25, 0.3) is 0 Å². The molecule has 2 spiro atoms. The van der Waals surface area contributed by atoms with Crippen molar-refractivity contribution in [1.82, 2.24) is 0 Å². The van der Waals surface area contributed by atoms with Crippen molar-refractivity contribution in [3.8, 4) is 0 Å². The minimum atomic E-state index is -0.0289. The number of aliphatic hydroxyl groups is 1. The standard InChI is InChI=1S/C31H54O/c1-8-23(20(2)3)10-9-21(4)24-13-15-29(7)27-12-11-25-22(5)26(32)14-16-30(25)19-31(27,30)18-17-28(24,29)6/h20-27,32H,8-19H2,1-7H3/t21-,22+,23-,24-,25+,26+,27+,28-,29+,30-,31+/m1/s1. The molecule has 1 nitrogen and oxygen atoms in total. The minimum Gasteiger partial charge on any atom is -0.393 e. The van der Waals surface area contributed by atoms with Crippen molar-refractivity contribution in [3.05, 3.63) is 0 Å². The minimum absolute atomic E-state index is 0.0289. The van der Waals surface area contributed by atoms with Gasteiger partial charge in [0.05, 0.1) is 6.10 Å². The summed E-state index contributed by atoms with van der Waals surface area (Å²) in [5, 5.41) is 10.6. The van der Waals surface area contributed by atoms with Gasteiger partial charge < -0.3 is 5.11 Å². The van der Waals surface area contributed by atoms with Crippen molar-refractivity contribution >= 4 is 0 Å². The van der Waals surface area contributed by atoms with Crippen molar-refractivity contribution in [2.45, 2.75) is 132 Å². The lowest BCUT2D eigenvalue weighted by molar-refractivity contribution is -0.143. The summed E-state index contributed by atoms with van der Waals surface area (Å²) >= 11 is 0. The highest BCUT2D eigenvalue weighted by atomic mass is 16.3. The van der Waals surface area contributed by atoms with Crippen LogP contribution < -0.4 is 0 Å². The number of rotatable bonds is 6. The van der Waals surface area contributed by atoms with Gasteiger partial charge in [0.2, 0.25) is 0 Å². The van der Waals surface area contributed by atoms with Crippen LogP contribution in [0.1, 0.15) is 126 Å². The molecule has 0 aromatic heterocycles. The number of hydrogen-bond acceptors (Lipinski definition) is 1. The van der Waals surface area contributed by atoms with Crippen LogP contribution in [0.15, 0.2) is 0 Å². The molecule has 0 aliphatic heterocycles. The Morgan fingerprint density at radius 3 is 2.28 bits per heavy atom. The van der Waals surface area contributed by atoms with Gasteiger partial charge >= 0.3 is 0 Å². The quantitative estimate of drug-likeness (QED) is 0.437. The molecule has 0 bridgehead atoms. The summed E-state index contributed by atoms with van der Waals surface area (Å²) in [6, 6.07) is 0. The van der Waals surface area contributed by atoms with Crippen molar-refractivity contribution in [2.24, 2.45) is 63.1 Å². The molecule has 5 aliphatic rings. The van der Waals surface area contributed by atoms with E-state index in [4.69, 9.17) is 0 Å². The van der Waals surface area contributed by atoms with Crippen molar-refractivity contribution in [2.75, 3.05) is 0 Å². The molecule has 5 saturated carbocycles. The second-order valence-electron chi connectivity index (χ2n) is 14.6. The van der Waals surface area contributed by atoms with E-state index in [2.05, 4.69) is 48.5 Å². The molecule has 0 amide bonds. The van der Waals surface area contributed by atoms with E-state index < -0.39 is 0 Å². The maximum absolute atomic E-state index is 10.6. The summed E-state index contributed by atoms with van der Waals surface area (Å²) in [7, 11) is 0. The molecule has 1 heteroatoms. The Morgan fingerprint density at radius 2 is 1.59 bits per heavy atom. The third-order valence-electron chi connectivity index (χ3n) is 13.9. The average Bonchev–Trinajstić information content (AvgIpc) is 3.33. The molecule has 1 N–H and O–H groups in total. The number of hydrogen-bond donors (Lipinski definition) is 1. The van der Waals surface area contributed by atoms with Crippen LogP contribution in [0.2, 0.25) is 0 Å². The zero-order chi connectivity index (χ0) is 23.1. The first-order chi connectivity index (χ1) is 15.1. The Hall–Kier alpha value is -0.0400. The summed E-state index contributed by atoms with van der Waals surface area (Å²) in [6.45, 7) is 17.8. The topological polar surface area (TPSA) is 20.2 Å². The van der Waals surface area contributed by atoms with Gasteiger partial charge in [-0.25, -0.2) is 0 Å². The van der Waals surface area contributed by atoms with Crippen LogP contribution in [-0.4, -0.2) is 11.2 Å². The predicted molar refractivity (Wildman–Crippen MR) is 135 cm³/mol. The lowest BCUT2D eigenvalue weighted by Gasteiger charge is -2.62. The highest BCUT2D eigenvalue weighted by Gasteiger charge is 2.81. The van der Waals surface area contributed by atoms with E-state index in [1.54, 1.807) is 0 Å². The summed E-state index contributed by atoms with van der Waals surface area (Å²) < 4.78 is 0. The molecule has 5 fully saturated rings. The van der Waals surface area contributed by atoms with Crippen LogP contribution >= 0.6 is 0 Å². The Kier molecular flexibility index (Phi) is 5.72. The van der Waals surface area contributed by atoms with Gasteiger partial charge in [-0.1, -0.05) is 61.3 Å². The van der Waals surface area contributed by atoms with Gasteiger partial charge in [-0.3, -0.25) is 0 Å². The Balaban J connectivity index is 1.35. The van der Waals surface area contributed by atoms with Gasteiger partial charge in [-0.15, -0.1) is 0 Å². The number of fused-ring (bicyclic) bond motifs is 2. The molecule has 0 aromatic rings. The maximum atomic E-state index is 10.6. The van der Waals surface area contributed by atoms with Crippen LogP contribution in [0.4, 0.5) is 0 Å². The van der Waals surface area contributed by atoms with Gasteiger partial charge in [-0.05, 0) is 127 Å². The van der Waals surface area contributed by atoms with Gasteiger partial charge in [0, 0.05) is 0 Å². The van der Waals surface area contributed by atoms with Gasteiger partial charge in [-0.2, -0.15) is 0 Å². The molecule has 32 heavy (non-hydrogen) atoms. The summed E-state index contributed by atoms with van der Waals surface area (Å²) in [6.07, 6.45) is 17.0. The monoisotopic (exact) mass is 442 g/mol. The molecular weight excluding hydrogens is 388 g/mol. The summed E-state index contributed by atoms with van der Waals surface area (Å²) in [5.41, 5.74) is 2.38. The fraction of sp³-hybridized carbons (Fsp3) is 1.00. The molecule has 0 radical (unpaired) electrons. The molecule has 0 saturated heterocycles. The molecule has 11 atom stereocenters. The largest absolute Gasteiger partial charge is 0.393 e. The third kappa shape index (κ3) is 2.91. The lowest BCUT2D eigenvalue weighted by atomic mass is 9.43. The normalized spacial score (nSPS) is 53.7. The van der Waals surface area contributed by atoms with E-state index in [1.165, 1.54) is 70.6 Å². The first-order valence-electron chi connectivity index (χ1n) is 14.7. The van der Waals surface area contributed by atoms with Crippen LogP contribution in [0.5, 0.6) is 0 Å². The first-order valence-corrected chi connectivity index (χ1v) is 14.7. The van der Waals surface area contributed by atoms with Crippen molar-refractivity contribution in [3.63, 3.8) is 0 Å².